The number of hydrogen-bond donors (Lipinski definition) is 1. The minimum absolute atomic E-state index is 0.646. The van der Waals surface area contributed by atoms with Crippen LogP contribution in [0.15, 0.2) is 18.3 Å². The van der Waals surface area contributed by atoms with Crippen LogP contribution in [0, 0.1) is 11.8 Å². The van der Waals surface area contributed by atoms with Crippen LogP contribution in [0.25, 0.3) is 0 Å². The second kappa shape index (κ2) is 6.26. The predicted octanol–water partition coefficient (Wildman–Crippen LogP) is 3.92. The number of rotatable bonds is 5. The maximum Gasteiger partial charge on any atom is 0.0482 e. The van der Waals surface area contributed by atoms with Gasteiger partial charge >= 0.3 is 0 Å². The fourth-order valence-corrected chi connectivity index (χ4v) is 4.32. The molecular formula is C18H28N2. The molecule has 20 heavy (non-hydrogen) atoms. The molecule has 1 aromatic rings. The van der Waals surface area contributed by atoms with Gasteiger partial charge in [-0.15, -0.1) is 0 Å². The molecular weight excluding hydrogens is 244 g/mol. The lowest BCUT2D eigenvalue weighted by Gasteiger charge is -2.30. The van der Waals surface area contributed by atoms with E-state index in [-0.39, 0.29) is 0 Å². The number of aryl methyl sites for hydroxylation is 1. The van der Waals surface area contributed by atoms with Crippen molar-refractivity contribution in [2.75, 3.05) is 6.54 Å². The van der Waals surface area contributed by atoms with Crippen LogP contribution < -0.4 is 5.32 Å². The molecule has 4 atom stereocenters. The van der Waals surface area contributed by atoms with E-state index in [1.165, 1.54) is 49.8 Å². The van der Waals surface area contributed by atoms with E-state index in [9.17, 15) is 0 Å². The van der Waals surface area contributed by atoms with Gasteiger partial charge in [-0.1, -0.05) is 26.3 Å². The summed E-state index contributed by atoms with van der Waals surface area (Å²) in [5.41, 5.74) is 2.88. The largest absolute Gasteiger partial charge is 0.313 e. The van der Waals surface area contributed by atoms with Crippen LogP contribution in [0.5, 0.6) is 0 Å². The molecule has 2 nitrogen and oxygen atoms in total. The van der Waals surface area contributed by atoms with Crippen LogP contribution >= 0.6 is 0 Å². The molecule has 0 saturated heterocycles. The zero-order valence-corrected chi connectivity index (χ0v) is 12.9. The summed E-state index contributed by atoms with van der Waals surface area (Å²) in [6, 6.07) is 5.01. The highest BCUT2D eigenvalue weighted by Gasteiger charge is 2.37. The molecule has 1 saturated carbocycles. The van der Waals surface area contributed by atoms with E-state index in [4.69, 9.17) is 4.98 Å². The molecule has 2 heteroatoms. The van der Waals surface area contributed by atoms with Crippen LogP contribution in [0.4, 0.5) is 0 Å². The van der Waals surface area contributed by atoms with Gasteiger partial charge < -0.3 is 5.32 Å². The van der Waals surface area contributed by atoms with Gasteiger partial charge in [0.05, 0.1) is 0 Å². The highest BCUT2D eigenvalue weighted by atomic mass is 14.9. The average Bonchev–Trinajstić information content (AvgIpc) is 3.07. The summed E-state index contributed by atoms with van der Waals surface area (Å²) in [4.78, 5) is 4.72. The van der Waals surface area contributed by atoms with E-state index in [0.717, 1.165) is 18.4 Å². The van der Waals surface area contributed by atoms with Crippen molar-refractivity contribution in [1.29, 1.82) is 0 Å². The monoisotopic (exact) mass is 272 g/mol. The molecule has 1 heterocycles. The van der Waals surface area contributed by atoms with Crippen molar-refractivity contribution in [3.05, 3.63) is 29.6 Å². The minimum Gasteiger partial charge on any atom is -0.313 e. The second-order valence-corrected chi connectivity index (χ2v) is 6.85. The minimum atomic E-state index is 0.646. The Balaban J connectivity index is 1.79. The zero-order chi connectivity index (χ0) is 13.9. The second-order valence-electron chi connectivity index (χ2n) is 6.85. The van der Waals surface area contributed by atoms with Crippen molar-refractivity contribution < 1.29 is 0 Å². The molecule has 0 bridgehead atoms. The quantitative estimate of drug-likeness (QED) is 0.879. The number of fused-ring (bicyclic) bond motifs is 1. The molecule has 2 aliphatic carbocycles. The molecule has 110 valence electrons. The molecule has 0 amide bonds. The lowest BCUT2D eigenvalue weighted by atomic mass is 9.84. The van der Waals surface area contributed by atoms with Gasteiger partial charge in [-0.3, -0.25) is 4.98 Å². The molecule has 4 unspecified atom stereocenters. The first-order valence-electron chi connectivity index (χ1n) is 8.46. The summed E-state index contributed by atoms with van der Waals surface area (Å²) in [6.07, 6.45) is 9.93. The summed E-state index contributed by atoms with van der Waals surface area (Å²) in [5, 5.41) is 3.87. The van der Waals surface area contributed by atoms with E-state index < -0.39 is 0 Å². The fraction of sp³-hybridized carbons (Fsp3) is 0.722. The van der Waals surface area contributed by atoms with Gasteiger partial charge in [0.25, 0.3) is 0 Å². The molecule has 0 radical (unpaired) electrons. The van der Waals surface area contributed by atoms with Gasteiger partial charge in [0.2, 0.25) is 0 Å². The van der Waals surface area contributed by atoms with Crippen molar-refractivity contribution in [2.24, 2.45) is 11.8 Å². The van der Waals surface area contributed by atoms with E-state index in [0.29, 0.717) is 12.0 Å². The molecule has 1 aromatic heterocycles. The van der Waals surface area contributed by atoms with Gasteiger partial charge in [-0.05, 0) is 62.1 Å². The predicted molar refractivity (Wildman–Crippen MR) is 83.9 cm³/mol. The van der Waals surface area contributed by atoms with Crippen LogP contribution in [0.2, 0.25) is 0 Å². The SMILES string of the molecule is CCCNC(C1CCC(C)C1)C1CCc2cccnc21. The van der Waals surface area contributed by atoms with Gasteiger partial charge in [0.1, 0.15) is 0 Å². The Morgan fingerprint density at radius 3 is 3.00 bits per heavy atom. The summed E-state index contributed by atoms with van der Waals surface area (Å²) in [7, 11) is 0. The molecule has 2 aliphatic rings. The lowest BCUT2D eigenvalue weighted by molar-refractivity contribution is 0.300. The van der Waals surface area contributed by atoms with Crippen LogP contribution in [0.1, 0.15) is 63.1 Å². The highest BCUT2D eigenvalue weighted by Crippen LogP contribution is 2.42. The first-order chi connectivity index (χ1) is 9.79. The first kappa shape index (κ1) is 14.1. The van der Waals surface area contributed by atoms with E-state index in [1.807, 2.05) is 6.20 Å². The third-order valence-corrected chi connectivity index (χ3v) is 5.31. The highest BCUT2D eigenvalue weighted by molar-refractivity contribution is 5.30. The lowest BCUT2D eigenvalue weighted by Crippen LogP contribution is -2.40. The van der Waals surface area contributed by atoms with Gasteiger partial charge in [0, 0.05) is 23.9 Å². The molecule has 1 fully saturated rings. The van der Waals surface area contributed by atoms with Crippen molar-refractivity contribution >= 4 is 0 Å². The number of pyridine rings is 1. The van der Waals surface area contributed by atoms with Gasteiger partial charge in [-0.2, -0.15) is 0 Å². The topological polar surface area (TPSA) is 24.9 Å². The molecule has 1 N–H and O–H groups in total. The smallest absolute Gasteiger partial charge is 0.0482 e. The number of nitrogens with zero attached hydrogens (tertiary/aromatic N) is 1. The number of aromatic nitrogens is 1. The molecule has 0 spiro atoms. The Kier molecular flexibility index (Phi) is 4.40. The Hall–Kier alpha value is -0.890. The Morgan fingerprint density at radius 1 is 1.35 bits per heavy atom. The van der Waals surface area contributed by atoms with Gasteiger partial charge in [0.15, 0.2) is 0 Å². The standard InChI is InChI=1S/C18H28N2/c1-3-10-19-18(15-7-6-13(2)12-15)16-9-8-14-5-4-11-20-17(14)16/h4-5,11,13,15-16,18-19H,3,6-10,12H2,1-2H3. The average molecular weight is 272 g/mol. The van der Waals surface area contributed by atoms with Crippen LogP contribution in [-0.2, 0) is 6.42 Å². The van der Waals surface area contributed by atoms with Gasteiger partial charge in [-0.25, -0.2) is 0 Å². The van der Waals surface area contributed by atoms with Crippen LogP contribution in [0.3, 0.4) is 0 Å². The third kappa shape index (κ3) is 2.76. The molecule has 3 rings (SSSR count). The van der Waals surface area contributed by atoms with Crippen LogP contribution in [-0.4, -0.2) is 17.6 Å². The maximum atomic E-state index is 4.72. The fourth-order valence-electron chi connectivity index (χ4n) is 4.32. The summed E-state index contributed by atoms with van der Waals surface area (Å²) >= 11 is 0. The number of hydrogen-bond acceptors (Lipinski definition) is 2. The maximum absolute atomic E-state index is 4.72. The van der Waals surface area contributed by atoms with E-state index in [2.05, 4.69) is 31.3 Å². The van der Waals surface area contributed by atoms with E-state index >= 15 is 0 Å². The van der Waals surface area contributed by atoms with Crippen molar-refractivity contribution in [1.82, 2.24) is 10.3 Å². The summed E-state index contributed by atoms with van der Waals surface area (Å²) in [6.45, 7) is 5.83. The third-order valence-electron chi connectivity index (χ3n) is 5.31. The Bertz CT molecular complexity index is 443. The summed E-state index contributed by atoms with van der Waals surface area (Å²) in [5.74, 6) is 2.41. The first-order valence-corrected chi connectivity index (χ1v) is 8.46. The van der Waals surface area contributed by atoms with Crippen molar-refractivity contribution in [3.8, 4) is 0 Å². The molecule has 0 aromatic carbocycles. The van der Waals surface area contributed by atoms with E-state index in [1.54, 1.807) is 0 Å². The van der Waals surface area contributed by atoms with Crippen molar-refractivity contribution in [3.63, 3.8) is 0 Å². The molecule has 0 aliphatic heterocycles. The number of nitrogens with one attached hydrogen (secondary N) is 1. The Labute approximate surface area is 123 Å². The normalized spacial score (nSPS) is 30.4. The summed E-state index contributed by atoms with van der Waals surface area (Å²) < 4.78 is 0. The Morgan fingerprint density at radius 2 is 2.25 bits per heavy atom. The zero-order valence-electron chi connectivity index (χ0n) is 12.9. The van der Waals surface area contributed by atoms with Crippen molar-refractivity contribution in [2.45, 2.75) is 64.3 Å².